The number of nitrogens with two attached hydrogens (primary N) is 1. The lowest BCUT2D eigenvalue weighted by Crippen LogP contribution is -2.73. The number of oxime groups is 1. The maximum Gasteiger partial charge on any atom is 0.362 e. The summed E-state index contributed by atoms with van der Waals surface area (Å²) >= 11 is 0.965. The van der Waals surface area contributed by atoms with Crippen LogP contribution < -0.4 is 11.1 Å². The van der Waals surface area contributed by atoms with Crippen LogP contribution in [0.4, 0.5) is 5.13 Å². The summed E-state index contributed by atoms with van der Waals surface area (Å²) in [6.07, 6.45) is 1.01. The average Bonchev–Trinajstić information content (AvgIpc) is 3.36. The average molecular weight is 488 g/mol. The van der Waals surface area contributed by atoms with Crippen molar-refractivity contribution >= 4 is 50.3 Å². The van der Waals surface area contributed by atoms with Gasteiger partial charge >= 0.3 is 16.3 Å². The third kappa shape index (κ3) is 4.81. The predicted molar refractivity (Wildman–Crippen MR) is 105 cm³/mol. The summed E-state index contributed by atoms with van der Waals surface area (Å²) < 4.78 is 33.9. The van der Waals surface area contributed by atoms with E-state index in [1.165, 1.54) is 29.6 Å². The molecule has 0 radical (unpaired) electrons. The van der Waals surface area contributed by atoms with Gasteiger partial charge in [-0.1, -0.05) is 5.16 Å². The Labute approximate surface area is 183 Å². The van der Waals surface area contributed by atoms with Crippen molar-refractivity contribution in [2.24, 2.45) is 5.16 Å². The normalized spacial score (nSPS) is 19.9. The van der Waals surface area contributed by atoms with Crippen LogP contribution in [0.3, 0.4) is 0 Å². The Bertz CT molecular complexity index is 1160. The lowest BCUT2D eigenvalue weighted by atomic mass is 9.98. The predicted octanol–water partition coefficient (Wildman–Crippen LogP) is -2.29. The molecule has 2 aromatic rings. The minimum absolute atomic E-state index is 0.0613. The second kappa shape index (κ2) is 8.85. The highest BCUT2D eigenvalue weighted by molar-refractivity contribution is 7.84. The maximum atomic E-state index is 12.8. The molecule has 2 amide bonds. The molecule has 0 saturated carbocycles. The standard InChI is InChI=1S/C14H16N8O8S2/c1-6(13(25)26)30-20-9(7-3-31-14(15)18-7)11(23)19-10-8(2-21-5-16-4-17-21)22(12(10)24)32(27,28)29/h3-6,8,10H,2H2,1H3,(H2,15,18)(H,19,23)(H,25,26)(H,27,28,29)/b20-9-/t6-,8?,10?/m0/s1. The monoisotopic (exact) mass is 488 g/mol. The second-order valence-corrected chi connectivity index (χ2v) is 8.52. The highest BCUT2D eigenvalue weighted by atomic mass is 32.2. The number of carbonyl (C=O) groups is 3. The zero-order valence-electron chi connectivity index (χ0n) is 16.1. The smallest absolute Gasteiger partial charge is 0.362 e. The number of thiazole rings is 1. The first kappa shape index (κ1) is 23.0. The number of carboxylic acids is 1. The van der Waals surface area contributed by atoms with Crippen molar-refractivity contribution in [3.8, 4) is 0 Å². The van der Waals surface area contributed by atoms with Gasteiger partial charge in [0.25, 0.3) is 11.8 Å². The molecule has 0 aromatic carbocycles. The first-order valence-electron chi connectivity index (χ1n) is 8.61. The Morgan fingerprint density at radius 1 is 1.47 bits per heavy atom. The SMILES string of the molecule is C[C@H](O/N=C(\C(=O)NC1C(=O)N(S(=O)(=O)O)C1Cn1cncn1)c1csc(N)n1)C(=O)O. The van der Waals surface area contributed by atoms with Crippen molar-refractivity contribution in [3.05, 3.63) is 23.7 Å². The number of β-lactam (4-membered cyclic amide) rings is 1. The Morgan fingerprint density at radius 2 is 2.19 bits per heavy atom. The lowest BCUT2D eigenvalue weighted by Gasteiger charge is -2.43. The Hall–Kier alpha value is -3.64. The minimum atomic E-state index is -4.91. The largest absolute Gasteiger partial charge is 0.478 e. The van der Waals surface area contributed by atoms with Crippen LogP contribution in [0.2, 0.25) is 0 Å². The van der Waals surface area contributed by atoms with E-state index in [4.69, 9.17) is 15.7 Å². The molecule has 2 unspecified atom stereocenters. The van der Waals surface area contributed by atoms with Crippen molar-refractivity contribution in [2.45, 2.75) is 31.7 Å². The van der Waals surface area contributed by atoms with E-state index in [1.54, 1.807) is 0 Å². The number of nitrogens with zero attached hydrogens (tertiary/aromatic N) is 6. The van der Waals surface area contributed by atoms with Crippen molar-refractivity contribution in [1.29, 1.82) is 0 Å². The summed E-state index contributed by atoms with van der Waals surface area (Å²) in [4.78, 5) is 48.5. The van der Waals surface area contributed by atoms with Gasteiger partial charge in [-0.05, 0) is 6.92 Å². The van der Waals surface area contributed by atoms with Gasteiger partial charge in [-0.2, -0.15) is 13.5 Å². The van der Waals surface area contributed by atoms with Gasteiger partial charge in [0.1, 0.15) is 24.4 Å². The molecule has 172 valence electrons. The topological polar surface area (TPSA) is 232 Å². The summed E-state index contributed by atoms with van der Waals surface area (Å²) in [5, 5.41) is 20.0. The van der Waals surface area contributed by atoms with E-state index in [0.29, 0.717) is 0 Å². The van der Waals surface area contributed by atoms with Gasteiger partial charge < -0.3 is 21.0 Å². The molecule has 5 N–H and O–H groups in total. The van der Waals surface area contributed by atoms with Crippen LogP contribution >= 0.6 is 11.3 Å². The molecule has 3 rings (SSSR count). The number of nitrogen functional groups attached to an aromatic ring is 1. The van der Waals surface area contributed by atoms with E-state index in [9.17, 15) is 27.4 Å². The molecule has 18 heteroatoms. The molecular weight excluding hydrogens is 472 g/mol. The molecule has 32 heavy (non-hydrogen) atoms. The third-order valence-corrected chi connectivity index (χ3v) is 5.80. The Morgan fingerprint density at radius 3 is 2.72 bits per heavy atom. The Balaban J connectivity index is 1.85. The number of hydrogen-bond acceptors (Lipinski definition) is 12. The van der Waals surface area contributed by atoms with E-state index in [0.717, 1.165) is 11.3 Å². The highest BCUT2D eigenvalue weighted by Crippen LogP contribution is 2.25. The number of carbonyl (C=O) groups excluding carboxylic acids is 2. The number of hydrogen-bond donors (Lipinski definition) is 4. The fraction of sp³-hybridized carbons (Fsp3) is 0.357. The van der Waals surface area contributed by atoms with Gasteiger partial charge in [-0.25, -0.2) is 19.1 Å². The van der Waals surface area contributed by atoms with Crippen molar-refractivity contribution in [2.75, 3.05) is 5.73 Å². The number of amides is 2. The van der Waals surface area contributed by atoms with Gasteiger partial charge in [0.15, 0.2) is 10.8 Å². The third-order valence-electron chi connectivity index (χ3n) is 4.17. The van der Waals surface area contributed by atoms with Crippen LogP contribution in [-0.4, -0.2) is 83.8 Å². The molecule has 1 saturated heterocycles. The summed E-state index contributed by atoms with van der Waals surface area (Å²) in [5.74, 6) is -3.48. The first-order valence-corrected chi connectivity index (χ1v) is 10.9. The zero-order chi connectivity index (χ0) is 23.6. The molecular formula is C14H16N8O8S2. The number of nitrogens with one attached hydrogen (secondary N) is 1. The second-order valence-electron chi connectivity index (χ2n) is 6.34. The maximum absolute atomic E-state index is 12.8. The highest BCUT2D eigenvalue weighted by Gasteiger charge is 2.54. The van der Waals surface area contributed by atoms with Gasteiger partial charge in [0.05, 0.1) is 12.6 Å². The molecule has 2 aromatic heterocycles. The van der Waals surface area contributed by atoms with Crippen molar-refractivity contribution < 1.29 is 37.3 Å². The van der Waals surface area contributed by atoms with Crippen LogP contribution in [0.5, 0.6) is 0 Å². The summed E-state index contributed by atoms with van der Waals surface area (Å²) in [6, 6.07) is -2.63. The number of anilines is 1. The summed E-state index contributed by atoms with van der Waals surface area (Å²) in [5.41, 5.74) is 5.00. The van der Waals surface area contributed by atoms with Gasteiger partial charge in [-0.3, -0.25) is 18.8 Å². The van der Waals surface area contributed by atoms with Crippen LogP contribution in [-0.2, 0) is 36.1 Å². The fourth-order valence-corrected chi connectivity index (χ4v) is 4.07. The van der Waals surface area contributed by atoms with Gasteiger partial charge in [0, 0.05) is 5.38 Å². The van der Waals surface area contributed by atoms with Crippen LogP contribution in [0.1, 0.15) is 12.6 Å². The molecule has 0 bridgehead atoms. The van der Waals surface area contributed by atoms with Gasteiger partial charge in [-0.15, -0.1) is 11.3 Å². The molecule has 0 spiro atoms. The van der Waals surface area contributed by atoms with Crippen molar-refractivity contribution in [1.82, 2.24) is 29.4 Å². The van der Waals surface area contributed by atoms with Crippen LogP contribution in [0.25, 0.3) is 0 Å². The van der Waals surface area contributed by atoms with Crippen molar-refractivity contribution in [3.63, 3.8) is 0 Å². The van der Waals surface area contributed by atoms with E-state index in [-0.39, 0.29) is 21.7 Å². The lowest BCUT2D eigenvalue weighted by molar-refractivity contribution is -0.149. The number of aliphatic carboxylic acids is 1. The number of rotatable bonds is 9. The summed E-state index contributed by atoms with van der Waals surface area (Å²) in [7, 11) is -4.91. The molecule has 1 aliphatic rings. The first-order chi connectivity index (χ1) is 15.0. The molecule has 16 nitrogen and oxygen atoms in total. The van der Waals surface area contributed by atoms with Gasteiger partial charge in [0.2, 0.25) is 6.10 Å². The molecule has 3 atom stereocenters. The molecule has 3 heterocycles. The quantitative estimate of drug-likeness (QED) is 0.126. The van der Waals surface area contributed by atoms with Crippen LogP contribution in [0, 0.1) is 0 Å². The molecule has 1 fully saturated rings. The molecule has 1 aliphatic heterocycles. The van der Waals surface area contributed by atoms with E-state index >= 15 is 0 Å². The van der Waals surface area contributed by atoms with E-state index in [1.807, 2.05) is 0 Å². The van der Waals surface area contributed by atoms with Crippen LogP contribution in [0.15, 0.2) is 23.2 Å². The molecule has 0 aliphatic carbocycles. The Kier molecular flexibility index (Phi) is 6.37. The van der Waals surface area contributed by atoms with E-state index in [2.05, 4.69) is 25.5 Å². The van der Waals surface area contributed by atoms with E-state index < -0.39 is 52.0 Å². The number of aromatic nitrogens is 4. The fourth-order valence-electron chi connectivity index (χ4n) is 2.65. The minimum Gasteiger partial charge on any atom is -0.478 e. The number of carboxylic acid groups (broad SMARTS) is 1. The summed E-state index contributed by atoms with van der Waals surface area (Å²) in [6.45, 7) is 0.948. The zero-order valence-corrected chi connectivity index (χ0v) is 17.7.